The lowest BCUT2D eigenvalue weighted by atomic mass is 10.2. The molecular formula is C15H20N2O4. The number of amides is 2. The predicted octanol–water partition coefficient (Wildman–Crippen LogP) is 1.65. The topological polar surface area (TPSA) is 67.9 Å². The molecular weight excluding hydrogens is 272 g/mol. The van der Waals surface area contributed by atoms with E-state index in [9.17, 15) is 9.59 Å². The molecule has 1 heterocycles. The monoisotopic (exact) mass is 292 g/mol. The Morgan fingerprint density at radius 3 is 2.48 bits per heavy atom. The van der Waals surface area contributed by atoms with E-state index in [1.54, 1.807) is 23.1 Å². The zero-order valence-electron chi connectivity index (χ0n) is 12.3. The summed E-state index contributed by atoms with van der Waals surface area (Å²) in [5.74, 6) is 0.770. The fraction of sp³-hybridized carbons (Fsp3) is 0.467. The fourth-order valence-corrected chi connectivity index (χ4v) is 2.15. The summed E-state index contributed by atoms with van der Waals surface area (Å²) in [4.78, 5) is 25.4. The second kappa shape index (κ2) is 6.97. The van der Waals surface area contributed by atoms with Crippen LogP contribution in [-0.2, 0) is 9.59 Å². The number of fused-ring (bicyclic) bond motifs is 1. The lowest BCUT2D eigenvalue weighted by molar-refractivity contribution is -0.134. The Morgan fingerprint density at radius 1 is 1.14 bits per heavy atom. The van der Waals surface area contributed by atoms with Gasteiger partial charge in [0.2, 0.25) is 11.8 Å². The number of nitrogens with one attached hydrogen (secondary N) is 1. The van der Waals surface area contributed by atoms with Gasteiger partial charge in [-0.05, 0) is 26.0 Å². The molecule has 2 amide bonds. The van der Waals surface area contributed by atoms with Gasteiger partial charge >= 0.3 is 0 Å². The quantitative estimate of drug-likeness (QED) is 0.838. The van der Waals surface area contributed by atoms with Crippen molar-refractivity contribution in [1.82, 2.24) is 4.90 Å². The third-order valence-corrected chi connectivity index (χ3v) is 3.25. The van der Waals surface area contributed by atoms with Crippen molar-refractivity contribution in [2.45, 2.75) is 20.3 Å². The highest BCUT2D eigenvalue weighted by atomic mass is 16.6. The minimum Gasteiger partial charge on any atom is -0.486 e. The molecule has 0 aliphatic carbocycles. The number of hydrogen-bond acceptors (Lipinski definition) is 4. The average molecular weight is 292 g/mol. The number of nitrogens with zero attached hydrogens (tertiary/aromatic N) is 1. The van der Waals surface area contributed by atoms with Gasteiger partial charge in [-0.15, -0.1) is 0 Å². The highest BCUT2D eigenvalue weighted by Crippen LogP contribution is 2.32. The Labute approximate surface area is 124 Å². The number of carbonyl (C=O) groups excluding carboxylic acids is 2. The molecule has 1 aliphatic heterocycles. The first-order valence-electron chi connectivity index (χ1n) is 7.11. The van der Waals surface area contributed by atoms with Crippen molar-refractivity contribution < 1.29 is 19.1 Å². The molecule has 0 bridgehead atoms. The van der Waals surface area contributed by atoms with Crippen molar-refractivity contribution in [1.29, 1.82) is 0 Å². The summed E-state index contributed by atoms with van der Waals surface area (Å²) < 4.78 is 10.9. The van der Waals surface area contributed by atoms with Gasteiger partial charge in [0.15, 0.2) is 11.5 Å². The smallest absolute Gasteiger partial charge is 0.233 e. The maximum absolute atomic E-state index is 11.9. The van der Waals surface area contributed by atoms with E-state index in [1.807, 2.05) is 13.8 Å². The maximum atomic E-state index is 11.9. The second-order valence-electron chi connectivity index (χ2n) is 4.65. The van der Waals surface area contributed by atoms with E-state index in [-0.39, 0.29) is 18.2 Å². The van der Waals surface area contributed by atoms with Crippen LogP contribution < -0.4 is 14.8 Å². The highest BCUT2D eigenvalue weighted by Gasteiger charge is 2.16. The van der Waals surface area contributed by atoms with Crippen LogP contribution in [0.2, 0.25) is 0 Å². The van der Waals surface area contributed by atoms with Crippen LogP contribution in [0, 0.1) is 0 Å². The molecule has 6 heteroatoms. The van der Waals surface area contributed by atoms with Gasteiger partial charge in [0.25, 0.3) is 0 Å². The summed E-state index contributed by atoms with van der Waals surface area (Å²) in [7, 11) is 0. The average Bonchev–Trinajstić information content (AvgIpc) is 2.48. The van der Waals surface area contributed by atoms with Crippen molar-refractivity contribution in [3.63, 3.8) is 0 Å². The van der Waals surface area contributed by atoms with Gasteiger partial charge in [0.05, 0.1) is 0 Å². The molecule has 0 saturated heterocycles. The lowest BCUT2D eigenvalue weighted by Gasteiger charge is -2.20. The van der Waals surface area contributed by atoms with Gasteiger partial charge in [0.1, 0.15) is 19.6 Å². The van der Waals surface area contributed by atoms with Gasteiger partial charge in [-0.3, -0.25) is 9.59 Å². The SMILES string of the molecule is CCN(CC)C(=O)CC(=O)Nc1ccc2c(c1)OCCO2. The number of anilines is 1. The first-order valence-corrected chi connectivity index (χ1v) is 7.11. The first-order chi connectivity index (χ1) is 10.1. The Morgan fingerprint density at radius 2 is 1.81 bits per heavy atom. The van der Waals surface area contributed by atoms with E-state index < -0.39 is 0 Å². The van der Waals surface area contributed by atoms with Gasteiger partial charge in [-0.25, -0.2) is 0 Å². The van der Waals surface area contributed by atoms with Gasteiger partial charge in [0, 0.05) is 24.8 Å². The zero-order valence-corrected chi connectivity index (χ0v) is 12.3. The Balaban J connectivity index is 1.95. The number of hydrogen-bond donors (Lipinski definition) is 1. The summed E-state index contributed by atoms with van der Waals surface area (Å²) in [5, 5.41) is 2.70. The third kappa shape index (κ3) is 3.87. The molecule has 0 saturated carbocycles. The molecule has 0 aromatic heterocycles. The van der Waals surface area contributed by atoms with Crippen LogP contribution in [0.3, 0.4) is 0 Å². The summed E-state index contributed by atoms with van der Waals surface area (Å²) in [6.45, 7) is 6.00. The third-order valence-electron chi connectivity index (χ3n) is 3.25. The lowest BCUT2D eigenvalue weighted by Crippen LogP contribution is -2.33. The molecule has 1 aromatic rings. The molecule has 6 nitrogen and oxygen atoms in total. The van der Waals surface area contributed by atoms with E-state index >= 15 is 0 Å². The number of carbonyl (C=O) groups is 2. The standard InChI is InChI=1S/C15H20N2O4/c1-3-17(4-2)15(19)10-14(18)16-11-5-6-12-13(9-11)21-8-7-20-12/h5-6,9H,3-4,7-8,10H2,1-2H3,(H,16,18). The molecule has 21 heavy (non-hydrogen) atoms. The molecule has 0 fully saturated rings. The molecule has 1 N–H and O–H groups in total. The molecule has 0 unspecified atom stereocenters. The van der Waals surface area contributed by atoms with Gasteiger partial charge in [-0.1, -0.05) is 0 Å². The van der Waals surface area contributed by atoms with Crippen LogP contribution >= 0.6 is 0 Å². The molecule has 114 valence electrons. The first kappa shape index (κ1) is 15.2. The van der Waals surface area contributed by atoms with Crippen molar-refractivity contribution in [2.24, 2.45) is 0 Å². The normalized spacial score (nSPS) is 12.7. The van der Waals surface area contributed by atoms with Gasteiger partial charge < -0.3 is 19.7 Å². The highest BCUT2D eigenvalue weighted by molar-refractivity contribution is 6.03. The number of ether oxygens (including phenoxy) is 2. The summed E-state index contributed by atoms with van der Waals surface area (Å²) >= 11 is 0. The molecule has 0 atom stereocenters. The number of rotatable bonds is 5. The zero-order chi connectivity index (χ0) is 15.2. The maximum Gasteiger partial charge on any atom is 0.233 e. The Hall–Kier alpha value is -2.24. The summed E-state index contributed by atoms with van der Waals surface area (Å²) in [6, 6.07) is 5.18. The summed E-state index contributed by atoms with van der Waals surface area (Å²) in [5.41, 5.74) is 0.594. The van der Waals surface area contributed by atoms with E-state index in [0.717, 1.165) is 0 Å². The molecule has 2 rings (SSSR count). The number of benzene rings is 1. The molecule has 0 radical (unpaired) electrons. The van der Waals surface area contributed by atoms with Crippen LogP contribution in [0.25, 0.3) is 0 Å². The van der Waals surface area contributed by atoms with E-state index in [4.69, 9.17) is 9.47 Å². The van der Waals surface area contributed by atoms with Crippen LogP contribution in [0.15, 0.2) is 18.2 Å². The molecule has 1 aliphatic rings. The Kier molecular flexibility index (Phi) is 5.03. The second-order valence-corrected chi connectivity index (χ2v) is 4.65. The van der Waals surface area contributed by atoms with Crippen LogP contribution in [0.4, 0.5) is 5.69 Å². The summed E-state index contributed by atoms with van der Waals surface area (Å²) in [6.07, 6.45) is -0.157. The molecule has 0 spiro atoms. The predicted molar refractivity (Wildman–Crippen MR) is 78.6 cm³/mol. The van der Waals surface area contributed by atoms with Crippen molar-refractivity contribution in [2.75, 3.05) is 31.6 Å². The van der Waals surface area contributed by atoms with Crippen molar-refractivity contribution in [3.05, 3.63) is 18.2 Å². The van der Waals surface area contributed by atoms with Crippen molar-refractivity contribution in [3.8, 4) is 11.5 Å². The fourth-order valence-electron chi connectivity index (χ4n) is 2.15. The van der Waals surface area contributed by atoms with Crippen LogP contribution in [0.1, 0.15) is 20.3 Å². The van der Waals surface area contributed by atoms with Crippen LogP contribution in [-0.4, -0.2) is 43.0 Å². The largest absolute Gasteiger partial charge is 0.486 e. The van der Waals surface area contributed by atoms with E-state index in [1.165, 1.54) is 0 Å². The minimum absolute atomic E-state index is 0.157. The van der Waals surface area contributed by atoms with Crippen molar-refractivity contribution >= 4 is 17.5 Å². The Bertz CT molecular complexity index is 526. The van der Waals surface area contributed by atoms with Crippen LogP contribution in [0.5, 0.6) is 11.5 Å². The van der Waals surface area contributed by atoms with E-state index in [2.05, 4.69) is 5.32 Å². The minimum atomic E-state index is -0.330. The van der Waals surface area contributed by atoms with Gasteiger partial charge in [-0.2, -0.15) is 0 Å². The van der Waals surface area contributed by atoms with E-state index in [0.29, 0.717) is 43.5 Å². The molecule has 1 aromatic carbocycles.